The Morgan fingerprint density at radius 3 is 2.62 bits per heavy atom. The molecule has 0 aliphatic rings. The van der Waals surface area contributed by atoms with Crippen LogP contribution in [0.15, 0.2) is 18.2 Å². The molecule has 0 aromatic heterocycles. The molecule has 1 aromatic rings. The lowest BCUT2D eigenvalue weighted by Gasteiger charge is -2.17. The molecule has 0 spiro atoms. The van der Waals surface area contributed by atoms with Crippen LogP contribution in [0.25, 0.3) is 0 Å². The molecule has 0 bridgehead atoms. The molecule has 0 N–H and O–H groups in total. The average Bonchev–Trinajstić information content (AvgIpc) is 2.27. The van der Waals surface area contributed by atoms with E-state index in [9.17, 15) is 4.79 Å². The predicted octanol–water partition coefficient (Wildman–Crippen LogP) is 3.80. The number of alkyl halides is 1. The summed E-state index contributed by atoms with van der Waals surface area (Å²) in [6, 6.07) is 5.56. The summed E-state index contributed by atoms with van der Waals surface area (Å²) in [5.74, 6) is 0.833. The first-order chi connectivity index (χ1) is 7.47. The average molecular weight is 306 g/mol. The molecule has 0 radical (unpaired) electrons. The summed E-state index contributed by atoms with van der Waals surface area (Å²) in [6.07, 6.45) is 0. The van der Waals surface area contributed by atoms with E-state index >= 15 is 0 Å². The monoisotopic (exact) mass is 304 g/mol. The second kappa shape index (κ2) is 5.69. The minimum Gasteiger partial charge on any atom is -0.495 e. The SMILES string of the molecule is COc1cc(C(C)C(Br)C(C)=O)ccc1Cl. The lowest BCUT2D eigenvalue weighted by Crippen LogP contribution is -2.17. The summed E-state index contributed by atoms with van der Waals surface area (Å²) in [7, 11) is 1.58. The zero-order chi connectivity index (χ0) is 12.3. The van der Waals surface area contributed by atoms with Gasteiger partial charge in [-0.2, -0.15) is 0 Å². The molecule has 0 amide bonds. The van der Waals surface area contributed by atoms with Gasteiger partial charge in [0, 0.05) is 5.92 Å². The molecule has 0 saturated carbocycles. The molecule has 2 unspecified atom stereocenters. The number of hydrogen-bond acceptors (Lipinski definition) is 2. The molecule has 2 nitrogen and oxygen atoms in total. The van der Waals surface area contributed by atoms with Crippen molar-refractivity contribution in [2.24, 2.45) is 0 Å². The van der Waals surface area contributed by atoms with Crippen LogP contribution in [0.5, 0.6) is 5.75 Å². The first-order valence-corrected chi connectivity index (χ1v) is 6.24. The third-order valence-corrected chi connectivity index (χ3v) is 4.28. The maximum Gasteiger partial charge on any atom is 0.144 e. The van der Waals surface area contributed by atoms with E-state index in [1.807, 2.05) is 19.1 Å². The summed E-state index contributed by atoms with van der Waals surface area (Å²) in [6.45, 7) is 3.56. The summed E-state index contributed by atoms with van der Waals surface area (Å²) in [5.41, 5.74) is 1.03. The van der Waals surface area contributed by atoms with E-state index in [0.29, 0.717) is 10.8 Å². The minimum atomic E-state index is -0.182. The Hall–Kier alpha value is -0.540. The molecular formula is C12H14BrClO2. The van der Waals surface area contributed by atoms with Gasteiger partial charge in [0.2, 0.25) is 0 Å². The Labute approximate surface area is 109 Å². The van der Waals surface area contributed by atoms with Crippen molar-refractivity contribution in [1.82, 2.24) is 0 Å². The second-order valence-electron chi connectivity index (χ2n) is 3.70. The van der Waals surface area contributed by atoms with Gasteiger partial charge < -0.3 is 4.74 Å². The molecule has 1 rings (SSSR count). The summed E-state index contributed by atoms with van der Waals surface area (Å²) in [5, 5.41) is 0.576. The number of ketones is 1. The number of rotatable bonds is 4. The van der Waals surface area contributed by atoms with Crippen LogP contribution < -0.4 is 4.74 Å². The van der Waals surface area contributed by atoms with Crippen molar-refractivity contribution in [3.8, 4) is 5.75 Å². The van der Waals surface area contributed by atoms with Gasteiger partial charge in [0.1, 0.15) is 11.5 Å². The normalized spacial score (nSPS) is 14.3. The lowest BCUT2D eigenvalue weighted by molar-refractivity contribution is -0.116. The first-order valence-electron chi connectivity index (χ1n) is 4.95. The van der Waals surface area contributed by atoms with Crippen molar-refractivity contribution in [3.63, 3.8) is 0 Å². The molecule has 4 heteroatoms. The van der Waals surface area contributed by atoms with Crippen LogP contribution in [0, 0.1) is 0 Å². The Balaban J connectivity index is 3.00. The van der Waals surface area contributed by atoms with Crippen LogP contribution in [-0.4, -0.2) is 17.7 Å². The van der Waals surface area contributed by atoms with E-state index in [0.717, 1.165) is 5.56 Å². The number of benzene rings is 1. The fourth-order valence-electron chi connectivity index (χ4n) is 1.48. The third kappa shape index (κ3) is 2.98. The Morgan fingerprint density at radius 1 is 1.50 bits per heavy atom. The highest BCUT2D eigenvalue weighted by atomic mass is 79.9. The van der Waals surface area contributed by atoms with Gasteiger partial charge in [-0.05, 0) is 24.6 Å². The van der Waals surface area contributed by atoms with Crippen LogP contribution in [0.4, 0.5) is 0 Å². The van der Waals surface area contributed by atoms with E-state index in [2.05, 4.69) is 15.9 Å². The highest BCUT2D eigenvalue weighted by Gasteiger charge is 2.20. The molecule has 2 atom stereocenters. The van der Waals surface area contributed by atoms with Crippen molar-refractivity contribution in [3.05, 3.63) is 28.8 Å². The van der Waals surface area contributed by atoms with Crippen LogP contribution in [0.2, 0.25) is 5.02 Å². The first kappa shape index (κ1) is 13.5. The van der Waals surface area contributed by atoms with Crippen molar-refractivity contribution < 1.29 is 9.53 Å². The van der Waals surface area contributed by atoms with E-state index in [1.54, 1.807) is 20.1 Å². The number of hydrogen-bond donors (Lipinski definition) is 0. The van der Waals surface area contributed by atoms with Gasteiger partial charge in [-0.3, -0.25) is 4.79 Å². The molecule has 1 aromatic carbocycles. The molecular weight excluding hydrogens is 291 g/mol. The van der Waals surface area contributed by atoms with Gasteiger partial charge in [0.05, 0.1) is 17.0 Å². The second-order valence-corrected chi connectivity index (χ2v) is 5.09. The van der Waals surface area contributed by atoms with Gasteiger partial charge >= 0.3 is 0 Å². The number of methoxy groups -OCH3 is 1. The van der Waals surface area contributed by atoms with E-state index in [4.69, 9.17) is 16.3 Å². The third-order valence-electron chi connectivity index (χ3n) is 2.53. The molecule has 0 fully saturated rings. The molecule has 88 valence electrons. The van der Waals surface area contributed by atoms with Crippen LogP contribution >= 0.6 is 27.5 Å². The molecule has 0 aliphatic carbocycles. The highest BCUT2D eigenvalue weighted by molar-refractivity contribution is 9.10. The van der Waals surface area contributed by atoms with Crippen LogP contribution in [0.3, 0.4) is 0 Å². The molecule has 0 heterocycles. The predicted molar refractivity (Wildman–Crippen MR) is 69.8 cm³/mol. The van der Waals surface area contributed by atoms with E-state index < -0.39 is 0 Å². The van der Waals surface area contributed by atoms with Gasteiger partial charge in [-0.25, -0.2) is 0 Å². The lowest BCUT2D eigenvalue weighted by atomic mass is 9.96. The van der Waals surface area contributed by atoms with Crippen molar-refractivity contribution in [1.29, 1.82) is 0 Å². The number of Topliss-reactive ketones (excluding diaryl/α,β-unsaturated/α-hetero) is 1. The number of carbonyl (C=O) groups excluding carboxylic acids is 1. The van der Waals surface area contributed by atoms with Crippen LogP contribution in [-0.2, 0) is 4.79 Å². The zero-order valence-electron chi connectivity index (χ0n) is 9.46. The van der Waals surface area contributed by atoms with Gasteiger partial charge in [0.15, 0.2) is 0 Å². The fourth-order valence-corrected chi connectivity index (χ4v) is 1.98. The minimum absolute atomic E-state index is 0.0867. The Bertz CT molecular complexity index is 393. The number of carbonyl (C=O) groups is 1. The maximum atomic E-state index is 11.3. The van der Waals surface area contributed by atoms with Gasteiger partial charge in [-0.15, -0.1) is 0 Å². The smallest absolute Gasteiger partial charge is 0.144 e. The van der Waals surface area contributed by atoms with Crippen LogP contribution in [0.1, 0.15) is 25.3 Å². The summed E-state index contributed by atoms with van der Waals surface area (Å²) >= 11 is 9.33. The van der Waals surface area contributed by atoms with E-state index in [-0.39, 0.29) is 16.5 Å². The summed E-state index contributed by atoms with van der Waals surface area (Å²) < 4.78 is 5.14. The largest absolute Gasteiger partial charge is 0.495 e. The Kier molecular flexibility index (Phi) is 4.81. The highest BCUT2D eigenvalue weighted by Crippen LogP contribution is 2.31. The quantitative estimate of drug-likeness (QED) is 0.791. The number of ether oxygens (including phenoxy) is 1. The maximum absolute atomic E-state index is 11.3. The molecule has 16 heavy (non-hydrogen) atoms. The van der Waals surface area contributed by atoms with Crippen molar-refractivity contribution in [2.45, 2.75) is 24.6 Å². The molecule has 0 saturated heterocycles. The van der Waals surface area contributed by atoms with Crippen molar-refractivity contribution >= 4 is 33.3 Å². The summed E-state index contributed by atoms with van der Waals surface area (Å²) in [4.78, 5) is 11.1. The Morgan fingerprint density at radius 2 is 2.12 bits per heavy atom. The topological polar surface area (TPSA) is 26.3 Å². The standard InChI is InChI=1S/C12H14BrClO2/c1-7(12(13)8(2)15)9-4-5-10(14)11(6-9)16-3/h4-7,12H,1-3H3. The molecule has 0 aliphatic heterocycles. The van der Waals surface area contributed by atoms with Gasteiger partial charge in [0.25, 0.3) is 0 Å². The van der Waals surface area contributed by atoms with E-state index in [1.165, 1.54) is 0 Å². The van der Waals surface area contributed by atoms with Gasteiger partial charge in [-0.1, -0.05) is 40.5 Å². The zero-order valence-corrected chi connectivity index (χ0v) is 11.8. The fraction of sp³-hybridized carbons (Fsp3) is 0.417. The number of halogens is 2. The van der Waals surface area contributed by atoms with Crippen molar-refractivity contribution in [2.75, 3.05) is 7.11 Å².